The first-order valence-corrected chi connectivity index (χ1v) is 14.2. The number of hydrogen-bond acceptors (Lipinski definition) is 4. The molecule has 0 bridgehead atoms. The number of carbonyl (C=O) groups excluding carboxylic acids is 2. The lowest BCUT2D eigenvalue weighted by atomic mass is 10.0. The van der Waals surface area contributed by atoms with E-state index in [0.29, 0.717) is 19.6 Å². The third-order valence-electron chi connectivity index (χ3n) is 7.72. The van der Waals surface area contributed by atoms with Crippen LogP contribution >= 0.6 is 0 Å². The molecule has 4 rings (SSSR count). The number of hydrogen-bond donors (Lipinski definition) is 1. The lowest BCUT2D eigenvalue weighted by Crippen LogP contribution is -2.38. The number of nitrogens with one attached hydrogen (secondary N) is 1. The Kier molecular flexibility index (Phi) is 10.6. The molecule has 2 aromatic rings. The van der Waals surface area contributed by atoms with Crippen LogP contribution in [-0.4, -0.2) is 54.3 Å². The average molecular weight is 505 g/mol. The van der Waals surface area contributed by atoms with Crippen LogP contribution in [0, 0.1) is 0 Å². The van der Waals surface area contributed by atoms with E-state index in [1.54, 1.807) is 6.92 Å². The second kappa shape index (κ2) is 14.3. The maximum Gasteiger partial charge on any atom is 0.234 e. The Hall–Kier alpha value is -2.70. The summed E-state index contributed by atoms with van der Waals surface area (Å²) in [7, 11) is 0. The van der Waals surface area contributed by atoms with Gasteiger partial charge in [0.1, 0.15) is 0 Å². The quantitative estimate of drug-likeness (QED) is 0.594. The van der Waals surface area contributed by atoms with Crippen molar-refractivity contribution in [3.8, 4) is 0 Å². The fraction of sp³-hybridized carbons (Fsp3) is 0.548. The maximum absolute atomic E-state index is 13.1. The second-order valence-corrected chi connectivity index (χ2v) is 10.7. The van der Waals surface area contributed by atoms with E-state index < -0.39 is 0 Å². The molecule has 0 atom stereocenters. The number of fused-ring (bicyclic) bond motifs is 1. The van der Waals surface area contributed by atoms with Crippen molar-refractivity contribution in [3.05, 3.63) is 65.2 Å². The number of piperidine rings is 1. The van der Waals surface area contributed by atoms with Gasteiger partial charge >= 0.3 is 0 Å². The van der Waals surface area contributed by atoms with Gasteiger partial charge in [-0.2, -0.15) is 0 Å². The van der Waals surface area contributed by atoms with Crippen molar-refractivity contribution in [1.29, 1.82) is 0 Å². The van der Waals surface area contributed by atoms with Gasteiger partial charge in [0.2, 0.25) is 11.8 Å². The highest BCUT2D eigenvalue weighted by molar-refractivity contribution is 5.92. The van der Waals surface area contributed by atoms with Crippen molar-refractivity contribution >= 4 is 17.5 Å². The van der Waals surface area contributed by atoms with Crippen LogP contribution in [0.4, 0.5) is 5.69 Å². The van der Waals surface area contributed by atoms with E-state index in [0.717, 1.165) is 69.7 Å². The number of benzene rings is 2. The van der Waals surface area contributed by atoms with E-state index in [1.165, 1.54) is 36.8 Å². The smallest absolute Gasteiger partial charge is 0.234 e. The molecule has 0 radical (unpaired) electrons. The maximum atomic E-state index is 13.1. The summed E-state index contributed by atoms with van der Waals surface area (Å²) in [5.74, 6) is 0.137. The number of anilines is 1. The monoisotopic (exact) mass is 504 g/mol. The minimum atomic E-state index is 0.0563. The molecular weight excluding hydrogens is 460 g/mol. The highest BCUT2D eigenvalue weighted by atomic mass is 16.2. The van der Waals surface area contributed by atoms with Gasteiger partial charge in [-0.3, -0.25) is 19.4 Å². The summed E-state index contributed by atoms with van der Waals surface area (Å²) in [6, 6.07) is 16.7. The molecular formula is C31H44N4O2. The first-order chi connectivity index (χ1) is 18.1. The first-order valence-electron chi connectivity index (χ1n) is 14.2. The molecule has 0 spiro atoms. The molecule has 200 valence electrons. The normalized spacial score (nSPS) is 18.4. The van der Waals surface area contributed by atoms with E-state index >= 15 is 0 Å². The Morgan fingerprint density at radius 1 is 0.730 bits per heavy atom. The van der Waals surface area contributed by atoms with Crippen LogP contribution in [0.2, 0.25) is 0 Å². The van der Waals surface area contributed by atoms with Gasteiger partial charge in [-0.1, -0.05) is 68.1 Å². The fourth-order valence-electron chi connectivity index (χ4n) is 5.64. The zero-order valence-corrected chi connectivity index (χ0v) is 22.6. The lowest BCUT2D eigenvalue weighted by Gasteiger charge is -2.28. The van der Waals surface area contributed by atoms with E-state index in [9.17, 15) is 9.59 Å². The molecule has 37 heavy (non-hydrogen) atoms. The number of likely N-dealkylation sites (tertiary alicyclic amines) is 1. The van der Waals surface area contributed by atoms with Gasteiger partial charge in [-0.15, -0.1) is 0 Å². The van der Waals surface area contributed by atoms with Gasteiger partial charge in [0.25, 0.3) is 0 Å². The van der Waals surface area contributed by atoms with Crippen molar-refractivity contribution in [2.24, 2.45) is 0 Å². The lowest BCUT2D eigenvalue weighted by molar-refractivity contribution is -0.122. The Bertz CT molecular complexity index is 1020. The standard InChI is InChI=1S/C31H44N4O2/c1-26(36)35-21-13-4-2-3-10-20-34(24-29-16-8-9-17-30(29)35)25-31(37)32-22-27-14-6-7-15-28(27)23-33-18-11-5-12-19-33/h6-9,14-17H,2-5,10-13,18-25H2,1H3,(H,32,37). The third-order valence-corrected chi connectivity index (χ3v) is 7.72. The van der Waals surface area contributed by atoms with Gasteiger partial charge in [0.05, 0.1) is 6.54 Å². The van der Waals surface area contributed by atoms with E-state index in [2.05, 4.69) is 45.4 Å². The van der Waals surface area contributed by atoms with E-state index in [-0.39, 0.29) is 11.8 Å². The van der Waals surface area contributed by atoms with Crippen LogP contribution in [0.3, 0.4) is 0 Å². The van der Waals surface area contributed by atoms with Crippen LogP contribution in [0.5, 0.6) is 0 Å². The predicted molar refractivity (Wildman–Crippen MR) is 150 cm³/mol. The Labute approximate surface area is 223 Å². The minimum Gasteiger partial charge on any atom is -0.351 e. The summed E-state index contributed by atoms with van der Waals surface area (Å²) in [4.78, 5) is 32.3. The third kappa shape index (κ3) is 8.41. The van der Waals surface area contributed by atoms with Gasteiger partial charge in [0.15, 0.2) is 0 Å². The van der Waals surface area contributed by atoms with Crippen molar-refractivity contribution < 1.29 is 9.59 Å². The van der Waals surface area contributed by atoms with Crippen molar-refractivity contribution in [2.45, 2.75) is 77.9 Å². The van der Waals surface area contributed by atoms with E-state index in [1.807, 2.05) is 23.1 Å². The summed E-state index contributed by atoms with van der Waals surface area (Å²) in [6.07, 6.45) is 9.46. The Balaban J connectivity index is 1.40. The Morgan fingerprint density at radius 2 is 1.32 bits per heavy atom. The highest BCUT2D eigenvalue weighted by Crippen LogP contribution is 2.24. The van der Waals surface area contributed by atoms with Crippen LogP contribution in [-0.2, 0) is 29.2 Å². The van der Waals surface area contributed by atoms with Crippen LogP contribution in [0.25, 0.3) is 0 Å². The molecule has 2 heterocycles. The number of amides is 2. The van der Waals surface area contributed by atoms with Gasteiger partial charge in [-0.25, -0.2) is 0 Å². The van der Waals surface area contributed by atoms with Crippen molar-refractivity contribution in [1.82, 2.24) is 15.1 Å². The van der Waals surface area contributed by atoms with Gasteiger partial charge in [0, 0.05) is 38.8 Å². The summed E-state index contributed by atoms with van der Waals surface area (Å²) in [5, 5.41) is 3.20. The average Bonchev–Trinajstić information content (AvgIpc) is 2.90. The van der Waals surface area contributed by atoms with Crippen molar-refractivity contribution in [3.63, 3.8) is 0 Å². The molecule has 0 aromatic heterocycles. The van der Waals surface area contributed by atoms with Gasteiger partial charge < -0.3 is 10.2 Å². The molecule has 0 unspecified atom stereocenters. The number of nitrogens with zero attached hydrogens (tertiary/aromatic N) is 3. The molecule has 6 heteroatoms. The van der Waals surface area contributed by atoms with Crippen LogP contribution in [0.15, 0.2) is 48.5 Å². The number of carbonyl (C=O) groups is 2. The SMILES string of the molecule is CC(=O)N1CCCCCCCN(CC(=O)NCc2ccccc2CN2CCCCC2)Cc2ccccc21. The summed E-state index contributed by atoms with van der Waals surface area (Å²) in [5.41, 5.74) is 4.61. The van der Waals surface area contributed by atoms with Crippen LogP contribution in [0.1, 0.15) is 75.0 Å². The molecule has 0 saturated carbocycles. The molecule has 0 aliphatic carbocycles. The predicted octanol–water partition coefficient (Wildman–Crippen LogP) is 5.11. The zero-order valence-electron chi connectivity index (χ0n) is 22.6. The zero-order chi connectivity index (χ0) is 25.9. The molecule has 1 N–H and O–H groups in total. The number of rotatable bonds is 6. The minimum absolute atomic E-state index is 0.0563. The van der Waals surface area contributed by atoms with Crippen molar-refractivity contribution in [2.75, 3.05) is 37.6 Å². The molecule has 1 saturated heterocycles. The number of para-hydroxylation sites is 1. The summed E-state index contributed by atoms with van der Waals surface area (Å²) in [6.45, 7) is 8.17. The van der Waals surface area contributed by atoms with Gasteiger partial charge in [-0.05, 0) is 68.1 Å². The highest BCUT2D eigenvalue weighted by Gasteiger charge is 2.19. The molecule has 2 aliphatic rings. The molecule has 6 nitrogen and oxygen atoms in total. The summed E-state index contributed by atoms with van der Waals surface area (Å²) >= 11 is 0. The topological polar surface area (TPSA) is 55.9 Å². The molecule has 1 fully saturated rings. The fourth-order valence-corrected chi connectivity index (χ4v) is 5.64. The molecule has 2 amide bonds. The largest absolute Gasteiger partial charge is 0.351 e. The second-order valence-electron chi connectivity index (χ2n) is 10.7. The molecule has 2 aromatic carbocycles. The first kappa shape index (κ1) is 27.3. The molecule has 2 aliphatic heterocycles. The van der Waals surface area contributed by atoms with Crippen LogP contribution < -0.4 is 10.2 Å². The summed E-state index contributed by atoms with van der Waals surface area (Å²) < 4.78 is 0. The van der Waals surface area contributed by atoms with E-state index in [4.69, 9.17) is 0 Å². The Morgan fingerprint density at radius 3 is 2.08 bits per heavy atom.